The molecule has 1 rings (SSSR count). The summed E-state index contributed by atoms with van der Waals surface area (Å²) in [6.07, 6.45) is 1.19. The molecule has 0 radical (unpaired) electrons. The predicted molar refractivity (Wildman–Crippen MR) is 48.0 cm³/mol. The fourth-order valence-electron chi connectivity index (χ4n) is 0.483. The quantitative estimate of drug-likeness (QED) is 0.653. The maximum atomic E-state index is 12.3. The van der Waals surface area contributed by atoms with Crippen LogP contribution in [0, 0.1) is 12.7 Å². The van der Waals surface area contributed by atoms with E-state index in [-0.39, 0.29) is 5.82 Å². The average Bonchev–Trinajstić information content (AvgIpc) is 2.02. The van der Waals surface area contributed by atoms with E-state index >= 15 is 0 Å². The van der Waals surface area contributed by atoms with Crippen LogP contribution in [0.1, 0.15) is 19.5 Å². The van der Waals surface area contributed by atoms with Gasteiger partial charge in [-0.15, -0.1) is 0 Å². The zero-order valence-corrected chi connectivity index (χ0v) is 8.44. The van der Waals surface area contributed by atoms with E-state index < -0.39 is 0 Å². The monoisotopic (exact) mass is 219 g/mol. The number of aromatic nitrogens is 1. The van der Waals surface area contributed by atoms with Crippen LogP contribution in [0.15, 0.2) is 16.7 Å². The Morgan fingerprint density at radius 3 is 2.36 bits per heavy atom. The summed E-state index contributed by atoms with van der Waals surface area (Å²) in [4.78, 5) is 3.76. The number of halogens is 2. The van der Waals surface area contributed by atoms with Crippen molar-refractivity contribution >= 4 is 15.9 Å². The van der Waals surface area contributed by atoms with Gasteiger partial charge in [0, 0.05) is 4.47 Å². The lowest BCUT2D eigenvalue weighted by atomic mass is 10.4. The highest BCUT2D eigenvalue weighted by Crippen LogP contribution is 2.13. The second-order valence-corrected chi connectivity index (χ2v) is 2.58. The third kappa shape index (κ3) is 3.46. The van der Waals surface area contributed by atoms with Gasteiger partial charge in [0.2, 0.25) is 0 Å². The maximum Gasteiger partial charge on any atom is 0.142 e. The SMILES string of the molecule is CC.Cc1ncc(F)cc1Br. The van der Waals surface area contributed by atoms with Crippen molar-refractivity contribution in [1.29, 1.82) is 0 Å². The first kappa shape index (κ1) is 10.6. The molecule has 0 aliphatic heterocycles. The summed E-state index contributed by atoms with van der Waals surface area (Å²) in [7, 11) is 0. The van der Waals surface area contributed by atoms with Crippen molar-refractivity contribution < 1.29 is 4.39 Å². The molecule has 62 valence electrons. The third-order valence-corrected chi connectivity index (χ3v) is 1.79. The molecule has 0 aliphatic rings. The third-order valence-electron chi connectivity index (χ3n) is 0.992. The molecule has 0 bridgehead atoms. The van der Waals surface area contributed by atoms with Crippen LogP contribution in [0.4, 0.5) is 4.39 Å². The van der Waals surface area contributed by atoms with Gasteiger partial charge in [-0.05, 0) is 28.9 Å². The van der Waals surface area contributed by atoms with Gasteiger partial charge in [-0.25, -0.2) is 4.39 Å². The van der Waals surface area contributed by atoms with Crippen LogP contribution in [-0.4, -0.2) is 4.98 Å². The van der Waals surface area contributed by atoms with Crippen LogP contribution in [0.25, 0.3) is 0 Å². The molecule has 3 heteroatoms. The van der Waals surface area contributed by atoms with E-state index in [4.69, 9.17) is 0 Å². The van der Waals surface area contributed by atoms with Gasteiger partial charge in [0.05, 0.1) is 11.9 Å². The second-order valence-electron chi connectivity index (χ2n) is 1.72. The van der Waals surface area contributed by atoms with Crippen LogP contribution in [0.5, 0.6) is 0 Å². The molecule has 0 aromatic carbocycles. The normalized spacial score (nSPS) is 8.45. The lowest BCUT2D eigenvalue weighted by Crippen LogP contribution is -1.83. The number of rotatable bonds is 0. The van der Waals surface area contributed by atoms with Crippen LogP contribution in [0.2, 0.25) is 0 Å². The number of aryl methyl sites for hydroxylation is 1. The number of nitrogens with zero attached hydrogens (tertiary/aromatic N) is 1. The molecule has 0 fully saturated rings. The fourth-order valence-corrected chi connectivity index (χ4v) is 0.804. The van der Waals surface area contributed by atoms with Gasteiger partial charge in [0.1, 0.15) is 5.82 Å². The first-order valence-corrected chi connectivity index (χ1v) is 4.27. The molecular weight excluding hydrogens is 209 g/mol. The number of hydrogen-bond donors (Lipinski definition) is 0. The van der Waals surface area contributed by atoms with E-state index in [1.807, 2.05) is 20.8 Å². The van der Waals surface area contributed by atoms with E-state index in [0.29, 0.717) is 4.47 Å². The van der Waals surface area contributed by atoms with Crippen molar-refractivity contribution in [2.24, 2.45) is 0 Å². The molecule has 0 unspecified atom stereocenters. The van der Waals surface area contributed by atoms with E-state index in [0.717, 1.165) is 5.69 Å². The molecule has 0 saturated heterocycles. The van der Waals surface area contributed by atoms with E-state index in [9.17, 15) is 4.39 Å². The second kappa shape index (κ2) is 5.24. The summed E-state index contributed by atoms with van der Waals surface area (Å²) >= 11 is 3.14. The van der Waals surface area contributed by atoms with Gasteiger partial charge in [-0.3, -0.25) is 4.98 Å². The Morgan fingerprint density at radius 1 is 1.45 bits per heavy atom. The summed E-state index contributed by atoms with van der Waals surface area (Å²) in [6.45, 7) is 5.81. The molecule has 0 aliphatic carbocycles. The first-order chi connectivity index (χ1) is 5.20. The highest BCUT2D eigenvalue weighted by Gasteiger charge is 1.95. The Hall–Kier alpha value is -0.440. The number of pyridine rings is 1. The van der Waals surface area contributed by atoms with Crippen molar-refractivity contribution in [3.05, 3.63) is 28.2 Å². The largest absolute Gasteiger partial charge is 0.257 e. The highest BCUT2D eigenvalue weighted by atomic mass is 79.9. The van der Waals surface area contributed by atoms with Crippen molar-refractivity contribution in [3.8, 4) is 0 Å². The van der Waals surface area contributed by atoms with Crippen LogP contribution >= 0.6 is 15.9 Å². The van der Waals surface area contributed by atoms with Gasteiger partial charge in [0.15, 0.2) is 0 Å². The molecule has 1 aromatic rings. The minimum atomic E-state index is -0.313. The maximum absolute atomic E-state index is 12.3. The molecule has 0 spiro atoms. The average molecular weight is 220 g/mol. The minimum absolute atomic E-state index is 0.313. The van der Waals surface area contributed by atoms with Gasteiger partial charge in [0.25, 0.3) is 0 Å². The molecule has 1 nitrogen and oxygen atoms in total. The lowest BCUT2D eigenvalue weighted by Gasteiger charge is -1.93. The van der Waals surface area contributed by atoms with Gasteiger partial charge < -0.3 is 0 Å². The van der Waals surface area contributed by atoms with E-state index in [2.05, 4.69) is 20.9 Å². The molecule has 1 heterocycles. The molecule has 0 atom stereocenters. The molecular formula is C8H11BrFN. The van der Waals surface area contributed by atoms with Crippen LogP contribution in [-0.2, 0) is 0 Å². The first-order valence-electron chi connectivity index (χ1n) is 3.48. The van der Waals surface area contributed by atoms with Crippen molar-refractivity contribution in [3.63, 3.8) is 0 Å². The van der Waals surface area contributed by atoms with Crippen molar-refractivity contribution in [1.82, 2.24) is 4.98 Å². The summed E-state index contributed by atoms with van der Waals surface area (Å²) in [5, 5.41) is 0. The van der Waals surface area contributed by atoms with Crippen LogP contribution in [0.3, 0.4) is 0 Å². The Balaban J connectivity index is 0.000000461. The summed E-state index contributed by atoms with van der Waals surface area (Å²) in [6, 6.07) is 1.39. The molecule has 1 aromatic heterocycles. The Kier molecular flexibility index (Phi) is 5.03. The smallest absolute Gasteiger partial charge is 0.142 e. The summed E-state index contributed by atoms with van der Waals surface area (Å²) in [5.74, 6) is -0.313. The molecule has 0 saturated carbocycles. The van der Waals surface area contributed by atoms with Gasteiger partial charge >= 0.3 is 0 Å². The molecule has 0 amide bonds. The topological polar surface area (TPSA) is 12.9 Å². The standard InChI is InChI=1S/C6H5BrFN.C2H6/c1-4-6(7)2-5(8)3-9-4;1-2/h2-3H,1H3;1-2H3. The molecule has 11 heavy (non-hydrogen) atoms. The van der Waals surface area contributed by atoms with E-state index in [1.165, 1.54) is 12.3 Å². The summed E-state index contributed by atoms with van der Waals surface area (Å²) < 4.78 is 13.0. The number of hydrogen-bond acceptors (Lipinski definition) is 1. The Morgan fingerprint density at radius 2 is 2.00 bits per heavy atom. The fraction of sp³-hybridized carbons (Fsp3) is 0.375. The zero-order chi connectivity index (χ0) is 8.85. The van der Waals surface area contributed by atoms with Crippen LogP contribution < -0.4 is 0 Å². The Labute approximate surface area is 74.8 Å². The van der Waals surface area contributed by atoms with Gasteiger partial charge in [-0.1, -0.05) is 13.8 Å². The Bertz CT molecular complexity index is 225. The minimum Gasteiger partial charge on any atom is -0.257 e. The highest BCUT2D eigenvalue weighted by molar-refractivity contribution is 9.10. The lowest BCUT2D eigenvalue weighted by molar-refractivity contribution is 0.619. The van der Waals surface area contributed by atoms with Crippen molar-refractivity contribution in [2.75, 3.05) is 0 Å². The van der Waals surface area contributed by atoms with Crippen molar-refractivity contribution in [2.45, 2.75) is 20.8 Å². The summed E-state index contributed by atoms with van der Waals surface area (Å²) in [5.41, 5.74) is 0.802. The predicted octanol–water partition coefficient (Wildman–Crippen LogP) is 3.32. The zero-order valence-electron chi connectivity index (χ0n) is 6.86. The van der Waals surface area contributed by atoms with Gasteiger partial charge in [-0.2, -0.15) is 0 Å². The molecule has 0 N–H and O–H groups in total. The van der Waals surface area contributed by atoms with E-state index in [1.54, 1.807) is 0 Å².